The van der Waals surface area contributed by atoms with Crippen LogP contribution in [0.5, 0.6) is 0 Å². The normalized spacial score (nSPS) is 24.9. The van der Waals surface area contributed by atoms with Crippen molar-refractivity contribution in [2.24, 2.45) is 5.92 Å². The highest BCUT2D eigenvalue weighted by Crippen LogP contribution is 2.27. The zero-order valence-corrected chi connectivity index (χ0v) is 12.2. The molecule has 2 fully saturated rings. The molecule has 3 rings (SSSR count). The van der Waals surface area contributed by atoms with Crippen LogP contribution < -0.4 is 5.32 Å². The SMILES string of the molecule is Cc1cnc(C2CCCN(C(=O)C3CCNCC3)C2)[nH]1. The van der Waals surface area contributed by atoms with Gasteiger partial charge in [0.25, 0.3) is 0 Å². The van der Waals surface area contributed by atoms with E-state index in [0.717, 1.165) is 63.4 Å². The van der Waals surface area contributed by atoms with Crippen LogP contribution in [-0.2, 0) is 4.79 Å². The predicted octanol–water partition coefficient (Wildman–Crippen LogP) is 1.42. The number of piperidine rings is 2. The van der Waals surface area contributed by atoms with Crippen LogP contribution in [0, 0.1) is 12.8 Å². The van der Waals surface area contributed by atoms with E-state index in [1.54, 1.807) is 0 Å². The molecule has 1 aromatic rings. The Morgan fingerprint density at radius 2 is 2.15 bits per heavy atom. The number of aromatic amines is 1. The second kappa shape index (κ2) is 5.95. The van der Waals surface area contributed by atoms with Crippen LogP contribution in [0.1, 0.15) is 43.1 Å². The number of hydrogen-bond acceptors (Lipinski definition) is 3. The third kappa shape index (κ3) is 2.87. The maximum Gasteiger partial charge on any atom is 0.225 e. The molecule has 1 amide bonds. The average Bonchev–Trinajstić information content (AvgIpc) is 2.94. The van der Waals surface area contributed by atoms with E-state index in [-0.39, 0.29) is 5.92 Å². The van der Waals surface area contributed by atoms with Crippen LogP contribution in [-0.4, -0.2) is 47.0 Å². The van der Waals surface area contributed by atoms with Crippen molar-refractivity contribution >= 4 is 5.91 Å². The van der Waals surface area contributed by atoms with Gasteiger partial charge in [0.2, 0.25) is 5.91 Å². The number of hydrogen-bond donors (Lipinski definition) is 2. The fourth-order valence-corrected chi connectivity index (χ4v) is 3.37. The number of carbonyl (C=O) groups excluding carboxylic acids is 1. The van der Waals surface area contributed by atoms with E-state index in [1.807, 2.05) is 13.1 Å². The van der Waals surface area contributed by atoms with Crippen LogP contribution in [0.25, 0.3) is 0 Å². The lowest BCUT2D eigenvalue weighted by atomic mass is 9.92. The highest BCUT2D eigenvalue weighted by Gasteiger charge is 2.31. The molecule has 2 aliphatic heterocycles. The minimum Gasteiger partial charge on any atom is -0.346 e. The fraction of sp³-hybridized carbons (Fsp3) is 0.733. The van der Waals surface area contributed by atoms with Crippen molar-refractivity contribution in [2.45, 2.75) is 38.5 Å². The molecular formula is C15H24N4O. The predicted molar refractivity (Wildman–Crippen MR) is 77.5 cm³/mol. The zero-order valence-electron chi connectivity index (χ0n) is 12.2. The Kier molecular flexibility index (Phi) is 4.05. The molecule has 0 aliphatic carbocycles. The third-order valence-corrected chi connectivity index (χ3v) is 4.53. The van der Waals surface area contributed by atoms with Gasteiger partial charge in [-0.1, -0.05) is 0 Å². The summed E-state index contributed by atoms with van der Waals surface area (Å²) in [6.45, 7) is 5.72. The van der Waals surface area contributed by atoms with Crippen LogP contribution in [0.3, 0.4) is 0 Å². The molecule has 0 radical (unpaired) electrons. The Balaban J connectivity index is 1.63. The number of imidazole rings is 1. The van der Waals surface area contributed by atoms with Gasteiger partial charge in [0, 0.05) is 36.8 Å². The first-order chi connectivity index (χ1) is 9.74. The van der Waals surface area contributed by atoms with E-state index in [1.165, 1.54) is 0 Å². The summed E-state index contributed by atoms with van der Waals surface area (Å²) in [5, 5.41) is 3.32. The second-order valence-corrected chi connectivity index (χ2v) is 6.10. The molecule has 2 N–H and O–H groups in total. The quantitative estimate of drug-likeness (QED) is 0.859. The first-order valence-corrected chi connectivity index (χ1v) is 7.75. The summed E-state index contributed by atoms with van der Waals surface area (Å²) in [7, 11) is 0. The lowest BCUT2D eigenvalue weighted by Gasteiger charge is -2.35. The number of nitrogens with zero attached hydrogens (tertiary/aromatic N) is 2. The van der Waals surface area contributed by atoms with Crippen molar-refractivity contribution in [2.75, 3.05) is 26.2 Å². The zero-order chi connectivity index (χ0) is 13.9. The molecule has 0 saturated carbocycles. The lowest BCUT2D eigenvalue weighted by molar-refractivity contribution is -0.137. The number of aryl methyl sites for hydroxylation is 1. The summed E-state index contributed by atoms with van der Waals surface area (Å²) >= 11 is 0. The highest BCUT2D eigenvalue weighted by atomic mass is 16.2. The molecule has 0 spiro atoms. The van der Waals surface area contributed by atoms with Gasteiger partial charge in [-0.3, -0.25) is 4.79 Å². The van der Waals surface area contributed by atoms with E-state index >= 15 is 0 Å². The number of aromatic nitrogens is 2. The standard InChI is InChI=1S/C15H24N4O/c1-11-9-17-14(18-11)13-3-2-8-19(10-13)15(20)12-4-6-16-7-5-12/h9,12-13,16H,2-8,10H2,1H3,(H,17,18). The van der Waals surface area contributed by atoms with Gasteiger partial charge in [0.05, 0.1) is 0 Å². The molecule has 0 aromatic carbocycles. The van der Waals surface area contributed by atoms with Crippen molar-refractivity contribution in [1.29, 1.82) is 0 Å². The van der Waals surface area contributed by atoms with Gasteiger partial charge in [-0.15, -0.1) is 0 Å². The van der Waals surface area contributed by atoms with Crippen molar-refractivity contribution in [3.05, 3.63) is 17.7 Å². The molecule has 1 unspecified atom stereocenters. The summed E-state index contributed by atoms with van der Waals surface area (Å²) in [4.78, 5) is 22.4. The fourth-order valence-electron chi connectivity index (χ4n) is 3.37. The molecule has 5 nitrogen and oxygen atoms in total. The van der Waals surface area contributed by atoms with E-state index < -0.39 is 0 Å². The summed E-state index contributed by atoms with van der Waals surface area (Å²) in [6, 6.07) is 0. The van der Waals surface area contributed by atoms with Gasteiger partial charge in [0.15, 0.2) is 0 Å². The molecular weight excluding hydrogens is 252 g/mol. The number of amides is 1. The molecule has 1 aromatic heterocycles. The molecule has 0 bridgehead atoms. The lowest BCUT2D eigenvalue weighted by Crippen LogP contribution is -2.45. The Bertz CT molecular complexity index is 464. The second-order valence-electron chi connectivity index (χ2n) is 6.10. The van der Waals surface area contributed by atoms with Gasteiger partial charge in [-0.05, 0) is 45.7 Å². The first kappa shape index (κ1) is 13.6. The van der Waals surface area contributed by atoms with Gasteiger partial charge in [-0.25, -0.2) is 4.98 Å². The molecule has 110 valence electrons. The Morgan fingerprint density at radius 3 is 2.85 bits per heavy atom. The van der Waals surface area contributed by atoms with Crippen molar-refractivity contribution < 1.29 is 4.79 Å². The van der Waals surface area contributed by atoms with Gasteiger partial charge in [0.1, 0.15) is 5.82 Å². The molecule has 3 heterocycles. The number of likely N-dealkylation sites (tertiary alicyclic amines) is 1. The molecule has 5 heteroatoms. The van der Waals surface area contributed by atoms with E-state index in [0.29, 0.717) is 11.8 Å². The minimum atomic E-state index is 0.230. The third-order valence-electron chi connectivity index (χ3n) is 4.53. The van der Waals surface area contributed by atoms with Crippen molar-refractivity contribution in [3.63, 3.8) is 0 Å². The van der Waals surface area contributed by atoms with Crippen LogP contribution in [0.15, 0.2) is 6.20 Å². The minimum absolute atomic E-state index is 0.230. The first-order valence-electron chi connectivity index (χ1n) is 7.75. The Hall–Kier alpha value is -1.36. The smallest absolute Gasteiger partial charge is 0.225 e. The number of H-pyrrole nitrogens is 1. The molecule has 20 heavy (non-hydrogen) atoms. The average molecular weight is 276 g/mol. The number of rotatable bonds is 2. The highest BCUT2D eigenvalue weighted by molar-refractivity contribution is 5.79. The molecule has 1 atom stereocenters. The Morgan fingerprint density at radius 1 is 1.35 bits per heavy atom. The summed E-state index contributed by atoms with van der Waals surface area (Å²) in [5.41, 5.74) is 1.10. The summed E-state index contributed by atoms with van der Waals surface area (Å²) < 4.78 is 0. The van der Waals surface area contributed by atoms with Gasteiger partial charge in [-0.2, -0.15) is 0 Å². The number of carbonyl (C=O) groups is 1. The van der Waals surface area contributed by atoms with E-state index in [2.05, 4.69) is 20.2 Å². The Labute approximate surface area is 120 Å². The summed E-state index contributed by atoms with van der Waals surface area (Å²) in [6.07, 6.45) is 6.06. The maximum absolute atomic E-state index is 12.6. The largest absolute Gasteiger partial charge is 0.346 e. The van der Waals surface area contributed by atoms with Gasteiger partial charge < -0.3 is 15.2 Å². The van der Waals surface area contributed by atoms with E-state index in [9.17, 15) is 4.79 Å². The van der Waals surface area contributed by atoms with Crippen molar-refractivity contribution in [1.82, 2.24) is 20.2 Å². The maximum atomic E-state index is 12.6. The summed E-state index contributed by atoms with van der Waals surface area (Å²) in [5.74, 6) is 2.02. The topological polar surface area (TPSA) is 61.0 Å². The molecule has 2 aliphatic rings. The van der Waals surface area contributed by atoms with Crippen LogP contribution in [0.4, 0.5) is 0 Å². The van der Waals surface area contributed by atoms with Crippen LogP contribution in [0.2, 0.25) is 0 Å². The van der Waals surface area contributed by atoms with Gasteiger partial charge >= 0.3 is 0 Å². The monoisotopic (exact) mass is 276 g/mol. The van der Waals surface area contributed by atoms with E-state index in [4.69, 9.17) is 0 Å². The molecule has 2 saturated heterocycles. The van der Waals surface area contributed by atoms with Crippen molar-refractivity contribution in [3.8, 4) is 0 Å². The number of nitrogens with one attached hydrogen (secondary N) is 2. The van der Waals surface area contributed by atoms with Crippen LogP contribution >= 0.6 is 0 Å².